The van der Waals surface area contributed by atoms with Crippen molar-refractivity contribution >= 4 is 33.9 Å². The third-order valence-electron chi connectivity index (χ3n) is 4.85. The van der Waals surface area contributed by atoms with E-state index in [1.54, 1.807) is 16.2 Å². The van der Waals surface area contributed by atoms with Crippen molar-refractivity contribution < 1.29 is 9.53 Å². The van der Waals surface area contributed by atoms with Crippen molar-refractivity contribution in [3.05, 3.63) is 59.0 Å². The number of urea groups is 1. The van der Waals surface area contributed by atoms with E-state index in [1.165, 1.54) is 0 Å². The fourth-order valence-electron chi connectivity index (χ4n) is 3.22. The number of carbonyl (C=O) groups excluding carboxylic acids is 1. The Kier molecular flexibility index (Phi) is 5.78. The minimum Gasteiger partial charge on any atom is -0.377 e. The van der Waals surface area contributed by atoms with E-state index in [1.807, 2.05) is 36.6 Å². The Morgan fingerprint density at radius 1 is 1.24 bits per heavy atom. The summed E-state index contributed by atoms with van der Waals surface area (Å²) in [5.41, 5.74) is 6.18. The van der Waals surface area contributed by atoms with Crippen molar-refractivity contribution in [1.29, 1.82) is 0 Å². The van der Waals surface area contributed by atoms with E-state index in [9.17, 15) is 4.79 Å². The number of nitrogens with zero attached hydrogens (tertiary/aromatic N) is 2. The first-order chi connectivity index (χ1) is 14.1. The number of aromatic nitrogens is 1. The fraction of sp³-hybridized carbons (Fsp3) is 0.273. The molecule has 150 valence electrons. The Balaban J connectivity index is 1.48. The maximum Gasteiger partial charge on any atom is 0.321 e. The van der Waals surface area contributed by atoms with Crippen LogP contribution in [-0.4, -0.2) is 30.7 Å². The lowest BCUT2D eigenvalue weighted by Gasteiger charge is -2.14. The van der Waals surface area contributed by atoms with Crippen molar-refractivity contribution in [2.75, 3.05) is 29.9 Å². The van der Waals surface area contributed by atoms with E-state index in [0.717, 1.165) is 38.9 Å². The first kappa shape index (κ1) is 19.4. The molecule has 0 spiro atoms. The maximum atomic E-state index is 11.8. The van der Waals surface area contributed by atoms with Gasteiger partial charge in [0, 0.05) is 42.0 Å². The highest BCUT2D eigenvalue weighted by Gasteiger charge is 2.20. The largest absolute Gasteiger partial charge is 0.377 e. The molecule has 1 saturated heterocycles. The van der Waals surface area contributed by atoms with Crippen LogP contribution in [0.3, 0.4) is 0 Å². The molecule has 1 aliphatic heterocycles. The molecule has 0 saturated carbocycles. The topological polar surface area (TPSA) is 66.5 Å². The highest BCUT2D eigenvalue weighted by Crippen LogP contribution is 2.30. The van der Waals surface area contributed by atoms with Gasteiger partial charge in [-0.2, -0.15) is 0 Å². The van der Waals surface area contributed by atoms with Crippen LogP contribution in [-0.2, 0) is 11.3 Å². The third kappa shape index (κ3) is 4.41. The van der Waals surface area contributed by atoms with Crippen LogP contribution in [0.25, 0.3) is 11.3 Å². The summed E-state index contributed by atoms with van der Waals surface area (Å²) in [5, 5.41) is 9.14. The van der Waals surface area contributed by atoms with E-state index in [0.29, 0.717) is 26.3 Å². The van der Waals surface area contributed by atoms with Crippen LogP contribution < -0.4 is 15.5 Å². The summed E-state index contributed by atoms with van der Waals surface area (Å²) in [6, 6.07) is 14.2. The molecule has 7 heteroatoms. The minimum atomic E-state index is -0.0418. The number of thiazole rings is 1. The Morgan fingerprint density at radius 3 is 2.79 bits per heavy atom. The molecule has 1 fully saturated rings. The number of benzene rings is 2. The summed E-state index contributed by atoms with van der Waals surface area (Å²) in [5.74, 6) is 0. The molecular formula is C22H24N4O2S. The van der Waals surface area contributed by atoms with Crippen molar-refractivity contribution in [3.8, 4) is 11.3 Å². The second-order valence-electron chi connectivity index (χ2n) is 6.88. The van der Waals surface area contributed by atoms with Crippen molar-refractivity contribution in [2.45, 2.75) is 20.5 Å². The lowest BCUT2D eigenvalue weighted by Crippen LogP contribution is -2.27. The normalized spacial score (nSPS) is 13.6. The van der Waals surface area contributed by atoms with Gasteiger partial charge in [0.25, 0.3) is 0 Å². The summed E-state index contributed by atoms with van der Waals surface area (Å²) in [7, 11) is 0. The lowest BCUT2D eigenvalue weighted by molar-refractivity contribution is 0.134. The second kappa shape index (κ2) is 8.63. The number of nitrogens with one attached hydrogen (secondary N) is 2. The van der Waals surface area contributed by atoms with Crippen LogP contribution >= 0.6 is 11.3 Å². The van der Waals surface area contributed by atoms with E-state index in [4.69, 9.17) is 9.72 Å². The molecule has 1 aliphatic rings. The van der Waals surface area contributed by atoms with Gasteiger partial charge in [-0.15, -0.1) is 11.3 Å². The molecule has 0 radical (unpaired) electrons. The van der Waals surface area contributed by atoms with Gasteiger partial charge in [-0.25, -0.2) is 9.78 Å². The SMILES string of the molecule is CCOCc1ccc(C)c(Nc2nc(-c3ccc(N4CCNC4=O)cc3)cs2)c1. The Hall–Kier alpha value is -2.90. The molecule has 3 aromatic rings. The van der Waals surface area contributed by atoms with E-state index in [2.05, 4.69) is 35.8 Å². The number of rotatable bonds is 7. The van der Waals surface area contributed by atoms with Gasteiger partial charge >= 0.3 is 6.03 Å². The number of aryl methyl sites for hydroxylation is 1. The number of hydrogen-bond donors (Lipinski definition) is 2. The number of ether oxygens (including phenoxy) is 1. The zero-order chi connectivity index (χ0) is 20.2. The van der Waals surface area contributed by atoms with Gasteiger partial charge in [-0.1, -0.05) is 24.3 Å². The standard InChI is InChI=1S/C22H24N4O2S/c1-3-28-13-16-5-4-15(2)19(12-16)24-21-25-20(14-29-21)17-6-8-18(9-7-17)26-11-10-23-22(26)27/h4-9,12,14H,3,10-11,13H2,1-2H3,(H,23,27)(H,24,25). The highest BCUT2D eigenvalue weighted by atomic mass is 32.1. The Morgan fingerprint density at radius 2 is 2.07 bits per heavy atom. The zero-order valence-electron chi connectivity index (χ0n) is 16.6. The van der Waals surface area contributed by atoms with Crippen LogP contribution in [0.4, 0.5) is 21.3 Å². The molecule has 4 rings (SSSR count). The van der Waals surface area contributed by atoms with E-state index < -0.39 is 0 Å². The van der Waals surface area contributed by atoms with Gasteiger partial charge < -0.3 is 15.4 Å². The molecule has 2 heterocycles. The molecule has 2 aromatic carbocycles. The average Bonchev–Trinajstić information content (AvgIpc) is 3.38. The van der Waals surface area contributed by atoms with Crippen molar-refractivity contribution in [2.24, 2.45) is 0 Å². The molecule has 0 bridgehead atoms. The van der Waals surface area contributed by atoms with E-state index in [-0.39, 0.29) is 6.03 Å². The Bertz CT molecular complexity index is 1000. The van der Waals surface area contributed by atoms with Gasteiger partial charge in [-0.05, 0) is 43.2 Å². The molecule has 0 atom stereocenters. The van der Waals surface area contributed by atoms with Gasteiger partial charge in [0.05, 0.1) is 12.3 Å². The van der Waals surface area contributed by atoms with E-state index >= 15 is 0 Å². The maximum absolute atomic E-state index is 11.8. The minimum absolute atomic E-state index is 0.0418. The first-order valence-electron chi connectivity index (χ1n) is 9.69. The molecular weight excluding hydrogens is 384 g/mol. The van der Waals surface area contributed by atoms with Crippen LogP contribution in [0.5, 0.6) is 0 Å². The summed E-state index contributed by atoms with van der Waals surface area (Å²) >= 11 is 1.57. The molecule has 0 aliphatic carbocycles. The average molecular weight is 409 g/mol. The summed E-state index contributed by atoms with van der Waals surface area (Å²) in [4.78, 5) is 18.3. The van der Waals surface area contributed by atoms with Crippen LogP contribution in [0.1, 0.15) is 18.1 Å². The third-order valence-corrected chi connectivity index (χ3v) is 5.61. The quantitative estimate of drug-likeness (QED) is 0.582. The first-order valence-corrected chi connectivity index (χ1v) is 10.6. The number of carbonyl (C=O) groups is 1. The number of anilines is 3. The molecule has 0 unspecified atom stereocenters. The monoisotopic (exact) mass is 408 g/mol. The van der Waals surface area contributed by atoms with Crippen molar-refractivity contribution in [3.63, 3.8) is 0 Å². The van der Waals surface area contributed by atoms with Gasteiger partial charge in [0.15, 0.2) is 5.13 Å². The van der Waals surface area contributed by atoms with Crippen LogP contribution in [0.2, 0.25) is 0 Å². The second-order valence-corrected chi connectivity index (χ2v) is 7.74. The predicted octanol–water partition coefficient (Wildman–Crippen LogP) is 4.93. The number of amides is 2. The summed E-state index contributed by atoms with van der Waals surface area (Å²) < 4.78 is 5.51. The van der Waals surface area contributed by atoms with Gasteiger partial charge in [0.2, 0.25) is 0 Å². The predicted molar refractivity (Wildman–Crippen MR) is 118 cm³/mol. The molecule has 2 amide bonds. The lowest BCUT2D eigenvalue weighted by atomic mass is 10.1. The van der Waals surface area contributed by atoms with Gasteiger partial charge in [-0.3, -0.25) is 4.90 Å². The smallest absolute Gasteiger partial charge is 0.321 e. The van der Waals surface area contributed by atoms with Crippen LogP contribution in [0, 0.1) is 6.92 Å². The van der Waals surface area contributed by atoms with Crippen molar-refractivity contribution in [1.82, 2.24) is 10.3 Å². The molecule has 6 nitrogen and oxygen atoms in total. The highest BCUT2D eigenvalue weighted by molar-refractivity contribution is 7.14. The fourth-order valence-corrected chi connectivity index (χ4v) is 3.95. The van der Waals surface area contributed by atoms with Gasteiger partial charge in [0.1, 0.15) is 0 Å². The van der Waals surface area contributed by atoms with Crippen LogP contribution in [0.15, 0.2) is 47.8 Å². The number of hydrogen-bond acceptors (Lipinski definition) is 5. The molecule has 29 heavy (non-hydrogen) atoms. The molecule has 2 N–H and O–H groups in total. The summed E-state index contributed by atoms with van der Waals surface area (Å²) in [6.45, 7) is 6.77. The summed E-state index contributed by atoms with van der Waals surface area (Å²) in [6.07, 6.45) is 0. The Labute approximate surface area is 174 Å². The molecule has 1 aromatic heterocycles. The zero-order valence-corrected chi connectivity index (χ0v) is 17.4.